The Morgan fingerprint density at radius 2 is 1.92 bits per heavy atom. The summed E-state index contributed by atoms with van der Waals surface area (Å²) < 4.78 is 1.86. The van der Waals surface area contributed by atoms with Gasteiger partial charge in [-0.05, 0) is 38.0 Å². The highest BCUT2D eigenvalue weighted by Gasteiger charge is 2.36. The van der Waals surface area contributed by atoms with Gasteiger partial charge in [-0.25, -0.2) is 4.68 Å². The van der Waals surface area contributed by atoms with E-state index < -0.39 is 0 Å². The van der Waals surface area contributed by atoms with Gasteiger partial charge in [-0.2, -0.15) is 10.1 Å². The van der Waals surface area contributed by atoms with Gasteiger partial charge in [-0.3, -0.25) is 9.69 Å². The lowest BCUT2D eigenvalue weighted by molar-refractivity contribution is 0.0966. The number of carbonyl (C=O) groups excluding carboxylic acids is 1. The lowest BCUT2D eigenvalue weighted by Gasteiger charge is -2.37. The second-order valence-electron chi connectivity index (χ2n) is 6.56. The number of hydrogen-bond donors (Lipinski definition) is 0. The van der Waals surface area contributed by atoms with Crippen LogP contribution in [-0.4, -0.2) is 26.7 Å². The minimum absolute atomic E-state index is 0.0306. The molecule has 1 aliphatic rings. The Kier molecular flexibility index (Phi) is 3.84. The van der Waals surface area contributed by atoms with Gasteiger partial charge >= 0.3 is 0 Å². The van der Waals surface area contributed by atoms with Crippen molar-refractivity contribution >= 4 is 11.9 Å². The van der Waals surface area contributed by atoms with Crippen molar-refractivity contribution in [3.05, 3.63) is 77.6 Å². The molecule has 0 saturated heterocycles. The third kappa shape index (κ3) is 2.71. The SMILES string of the molecule is Cc1cccc(C(=O)N2c3ncnn3[C@H](c3ccccc3)C[C@@H]2C)c1. The van der Waals surface area contributed by atoms with Gasteiger partial charge < -0.3 is 0 Å². The first-order chi connectivity index (χ1) is 12.1. The van der Waals surface area contributed by atoms with Gasteiger partial charge in [0.1, 0.15) is 6.33 Å². The largest absolute Gasteiger partial charge is 0.274 e. The van der Waals surface area contributed by atoms with E-state index in [1.54, 1.807) is 4.90 Å². The number of amides is 1. The van der Waals surface area contributed by atoms with Crippen molar-refractivity contribution in [2.24, 2.45) is 0 Å². The third-order valence-corrected chi connectivity index (χ3v) is 4.74. The van der Waals surface area contributed by atoms with Crippen molar-refractivity contribution in [1.82, 2.24) is 14.8 Å². The number of rotatable bonds is 2. The van der Waals surface area contributed by atoms with Crippen LogP contribution in [0.3, 0.4) is 0 Å². The fourth-order valence-electron chi connectivity index (χ4n) is 3.52. The van der Waals surface area contributed by atoms with Crippen LogP contribution in [0.5, 0.6) is 0 Å². The molecule has 126 valence electrons. The second kappa shape index (κ2) is 6.16. The average Bonchev–Trinajstić information content (AvgIpc) is 3.10. The van der Waals surface area contributed by atoms with E-state index in [2.05, 4.69) is 29.1 Å². The summed E-state index contributed by atoms with van der Waals surface area (Å²) in [5.41, 5.74) is 2.93. The second-order valence-corrected chi connectivity index (χ2v) is 6.56. The molecule has 0 bridgehead atoms. The maximum absolute atomic E-state index is 13.1. The quantitative estimate of drug-likeness (QED) is 0.720. The number of aromatic nitrogens is 3. The summed E-state index contributed by atoms with van der Waals surface area (Å²) in [4.78, 5) is 19.3. The predicted molar refractivity (Wildman–Crippen MR) is 96.7 cm³/mol. The zero-order chi connectivity index (χ0) is 17.4. The Morgan fingerprint density at radius 1 is 1.12 bits per heavy atom. The molecule has 1 amide bonds. The Hall–Kier alpha value is -2.95. The monoisotopic (exact) mass is 332 g/mol. The Morgan fingerprint density at radius 3 is 2.68 bits per heavy atom. The molecule has 2 aromatic carbocycles. The lowest BCUT2D eigenvalue weighted by Crippen LogP contribution is -2.46. The van der Waals surface area contributed by atoms with Crippen molar-refractivity contribution in [3.63, 3.8) is 0 Å². The Labute approximate surface area is 146 Å². The van der Waals surface area contributed by atoms with E-state index in [1.165, 1.54) is 11.9 Å². The third-order valence-electron chi connectivity index (χ3n) is 4.74. The molecule has 0 unspecified atom stereocenters. The zero-order valence-corrected chi connectivity index (χ0v) is 14.3. The first-order valence-electron chi connectivity index (χ1n) is 8.50. The van der Waals surface area contributed by atoms with Crippen molar-refractivity contribution < 1.29 is 4.79 Å². The van der Waals surface area contributed by atoms with Gasteiger partial charge in [-0.15, -0.1) is 0 Å². The maximum Gasteiger partial charge on any atom is 0.260 e. The van der Waals surface area contributed by atoms with Gasteiger partial charge in [-0.1, -0.05) is 48.0 Å². The number of benzene rings is 2. The molecule has 25 heavy (non-hydrogen) atoms. The van der Waals surface area contributed by atoms with E-state index in [9.17, 15) is 4.79 Å². The lowest BCUT2D eigenvalue weighted by atomic mass is 9.97. The standard InChI is InChI=1S/C20H20N4O/c1-14-7-6-10-17(11-14)19(25)23-15(2)12-18(16-8-4-3-5-9-16)24-20(23)21-13-22-24/h3-11,13,15,18H,12H2,1-2H3/t15-,18-/m0/s1. The van der Waals surface area contributed by atoms with Gasteiger partial charge in [0.15, 0.2) is 0 Å². The van der Waals surface area contributed by atoms with Crippen molar-refractivity contribution in [2.45, 2.75) is 32.4 Å². The van der Waals surface area contributed by atoms with E-state index in [1.807, 2.05) is 54.1 Å². The van der Waals surface area contributed by atoms with E-state index in [0.29, 0.717) is 11.5 Å². The molecule has 0 saturated carbocycles. The first-order valence-corrected chi connectivity index (χ1v) is 8.50. The molecule has 0 N–H and O–H groups in total. The van der Waals surface area contributed by atoms with Crippen molar-refractivity contribution in [3.8, 4) is 0 Å². The van der Waals surface area contributed by atoms with Gasteiger partial charge in [0, 0.05) is 11.6 Å². The highest BCUT2D eigenvalue weighted by atomic mass is 16.2. The van der Waals surface area contributed by atoms with Crippen LogP contribution in [0.1, 0.15) is 40.9 Å². The number of nitrogens with zero attached hydrogens (tertiary/aromatic N) is 4. The van der Waals surface area contributed by atoms with Crippen LogP contribution >= 0.6 is 0 Å². The molecule has 5 heteroatoms. The maximum atomic E-state index is 13.1. The normalized spacial score (nSPS) is 19.5. The van der Waals surface area contributed by atoms with E-state index in [4.69, 9.17) is 0 Å². The molecule has 4 rings (SSSR count). The first kappa shape index (κ1) is 15.6. The fourth-order valence-corrected chi connectivity index (χ4v) is 3.52. The van der Waals surface area contributed by atoms with Gasteiger partial charge in [0.05, 0.1) is 6.04 Å². The summed E-state index contributed by atoms with van der Waals surface area (Å²) in [5, 5.41) is 4.40. The topological polar surface area (TPSA) is 51.0 Å². The van der Waals surface area contributed by atoms with Crippen LogP contribution < -0.4 is 4.90 Å². The summed E-state index contributed by atoms with van der Waals surface area (Å²) >= 11 is 0. The highest BCUT2D eigenvalue weighted by Crippen LogP contribution is 2.35. The minimum atomic E-state index is -0.0306. The number of hydrogen-bond acceptors (Lipinski definition) is 3. The van der Waals surface area contributed by atoms with Crippen LogP contribution in [0.25, 0.3) is 0 Å². The van der Waals surface area contributed by atoms with Crippen LogP contribution in [0.2, 0.25) is 0 Å². The molecule has 2 atom stereocenters. The Balaban J connectivity index is 1.74. The van der Waals surface area contributed by atoms with Gasteiger partial charge in [0.25, 0.3) is 5.91 Å². The average molecular weight is 332 g/mol. The van der Waals surface area contributed by atoms with E-state index in [0.717, 1.165) is 12.0 Å². The van der Waals surface area contributed by atoms with Crippen LogP contribution in [0.4, 0.5) is 5.95 Å². The smallest absolute Gasteiger partial charge is 0.260 e. The summed E-state index contributed by atoms with van der Waals surface area (Å²) in [6, 6.07) is 18.1. The molecule has 0 radical (unpaired) electrons. The zero-order valence-electron chi connectivity index (χ0n) is 14.3. The summed E-state index contributed by atoms with van der Waals surface area (Å²) in [6.45, 7) is 4.06. The fraction of sp³-hybridized carbons (Fsp3) is 0.250. The molecule has 1 aromatic heterocycles. The molecule has 3 aromatic rings. The van der Waals surface area contributed by atoms with Crippen LogP contribution in [-0.2, 0) is 0 Å². The van der Waals surface area contributed by atoms with E-state index >= 15 is 0 Å². The molecule has 5 nitrogen and oxygen atoms in total. The number of anilines is 1. The molecular weight excluding hydrogens is 312 g/mol. The number of fused-ring (bicyclic) bond motifs is 1. The van der Waals surface area contributed by atoms with Crippen molar-refractivity contribution in [1.29, 1.82) is 0 Å². The molecule has 0 aliphatic carbocycles. The van der Waals surface area contributed by atoms with Gasteiger partial charge in [0.2, 0.25) is 5.95 Å². The molecule has 1 aliphatic heterocycles. The van der Waals surface area contributed by atoms with Crippen LogP contribution in [0, 0.1) is 6.92 Å². The minimum Gasteiger partial charge on any atom is -0.274 e. The molecule has 2 heterocycles. The molecule has 0 spiro atoms. The summed E-state index contributed by atoms with van der Waals surface area (Å²) in [5.74, 6) is 0.580. The van der Waals surface area contributed by atoms with Crippen molar-refractivity contribution in [2.75, 3.05) is 4.90 Å². The number of carbonyl (C=O) groups is 1. The molecule has 0 fully saturated rings. The van der Waals surface area contributed by atoms with Crippen LogP contribution in [0.15, 0.2) is 60.9 Å². The summed E-state index contributed by atoms with van der Waals surface area (Å²) in [7, 11) is 0. The highest BCUT2D eigenvalue weighted by molar-refractivity contribution is 6.05. The Bertz CT molecular complexity index is 903. The van der Waals surface area contributed by atoms with E-state index in [-0.39, 0.29) is 18.0 Å². The number of aryl methyl sites for hydroxylation is 1. The predicted octanol–water partition coefficient (Wildman–Crippen LogP) is 3.61. The molecular formula is C20H20N4O. The summed E-state index contributed by atoms with van der Waals surface area (Å²) in [6.07, 6.45) is 2.33.